The standard InChI is InChI=1S/C20H22F3N3O/c1-13-24-9-14(10-25-13)11-26-17-6-5-15(7-17)19(26)12-27-18-4-2-3-16(8-18)20(21,22)23/h2-4,8-10,15,17,19H,5-7,11-12H2,1H3/t15-,17-,19-/m0/s1. The van der Waals surface area contributed by atoms with Crippen molar-refractivity contribution in [3.63, 3.8) is 0 Å². The van der Waals surface area contributed by atoms with Gasteiger partial charge in [-0.15, -0.1) is 0 Å². The second kappa shape index (κ2) is 7.11. The lowest BCUT2D eigenvalue weighted by Gasteiger charge is -2.35. The first-order valence-electron chi connectivity index (χ1n) is 9.23. The Labute approximate surface area is 156 Å². The summed E-state index contributed by atoms with van der Waals surface area (Å²) >= 11 is 0. The molecule has 0 spiro atoms. The SMILES string of the molecule is Cc1ncc(CN2[C@H]3CC[C@@H](C3)[C@@H]2COc2cccc(C(F)(F)F)c2)cn1. The number of nitrogens with zero attached hydrogens (tertiary/aromatic N) is 3. The fourth-order valence-corrected chi connectivity index (χ4v) is 4.32. The molecule has 0 unspecified atom stereocenters. The summed E-state index contributed by atoms with van der Waals surface area (Å²) in [6.45, 7) is 3.00. The minimum Gasteiger partial charge on any atom is -0.492 e. The van der Waals surface area contributed by atoms with E-state index in [1.54, 1.807) is 6.07 Å². The Balaban J connectivity index is 1.45. The smallest absolute Gasteiger partial charge is 0.416 e. The average Bonchev–Trinajstić information content (AvgIpc) is 3.23. The summed E-state index contributed by atoms with van der Waals surface area (Å²) in [6, 6.07) is 5.83. The van der Waals surface area contributed by atoms with E-state index in [1.165, 1.54) is 6.07 Å². The summed E-state index contributed by atoms with van der Waals surface area (Å²) in [4.78, 5) is 10.9. The first-order chi connectivity index (χ1) is 12.9. The maximum Gasteiger partial charge on any atom is 0.416 e. The zero-order valence-electron chi connectivity index (χ0n) is 15.1. The highest BCUT2D eigenvalue weighted by Crippen LogP contribution is 2.43. The van der Waals surface area contributed by atoms with Gasteiger partial charge in [0, 0.05) is 36.6 Å². The van der Waals surface area contributed by atoms with Gasteiger partial charge in [-0.3, -0.25) is 4.90 Å². The van der Waals surface area contributed by atoms with E-state index in [-0.39, 0.29) is 11.8 Å². The van der Waals surface area contributed by atoms with Crippen LogP contribution in [0.15, 0.2) is 36.7 Å². The lowest BCUT2D eigenvalue weighted by Crippen LogP contribution is -2.43. The normalized spacial score (nSPS) is 25.1. The maximum absolute atomic E-state index is 12.9. The summed E-state index contributed by atoms with van der Waals surface area (Å²) < 4.78 is 44.5. The second-order valence-corrected chi connectivity index (χ2v) is 7.44. The third-order valence-electron chi connectivity index (χ3n) is 5.67. The molecule has 1 aromatic carbocycles. The van der Waals surface area contributed by atoms with Crippen LogP contribution in [-0.4, -0.2) is 33.6 Å². The van der Waals surface area contributed by atoms with Gasteiger partial charge in [-0.25, -0.2) is 9.97 Å². The van der Waals surface area contributed by atoms with Gasteiger partial charge in [0.15, 0.2) is 0 Å². The maximum atomic E-state index is 12.9. The molecule has 1 saturated carbocycles. The molecule has 2 fully saturated rings. The van der Waals surface area contributed by atoms with Gasteiger partial charge >= 0.3 is 6.18 Å². The molecule has 0 radical (unpaired) electrons. The fourth-order valence-electron chi connectivity index (χ4n) is 4.32. The number of ether oxygens (including phenoxy) is 1. The summed E-state index contributed by atoms with van der Waals surface area (Å²) in [6.07, 6.45) is 2.78. The lowest BCUT2D eigenvalue weighted by molar-refractivity contribution is -0.137. The molecule has 3 atom stereocenters. The molecule has 27 heavy (non-hydrogen) atoms. The zero-order valence-corrected chi connectivity index (χ0v) is 15.1. The van der Waals surface area contributed by atoms with Crippen LogP contribution in [0.4, 0.5) is 13.2 Å². The molecular formula is C20H22F3N3O. The van der Waals surface area contributed by atoms with Crippen molar-refractivity contribution in [3.8, 4) is 5.75 Å². The number of hydrogen-bond acceptors (Lipinski definition) is 4. The van der Waals surface area contributed by atoms with Gasteiger partial charge in [-0.2, -0.15) is 13.2 Å². The fraction of sp³-hybridized carbons (Fsp3) is 0.500. The average molecular weight is 377 g/mol. The van der Waals surface area contributed by atoms with Crippen LogP contribution in [0.1, 0.15) is 36.2 Å². The molecular weight excluding hydrogens is 355 g/mol. The largest absolute Gasteiger partial charge is 0.492 e. The van der Waals surface area contributed by atoms with Gasteiger partial charge in [0.1, 0.15) is 18.2 Å². The van der Waals surface area contributed by atoms with Crippen molar-refractivity contribution in [2.45, 2.75) is 51.0 Å². The number of piperidine rings is 1. The van der Waals surface area contributed by atoms with Crippen LogP contribution in [-0.2, 0) is 12.7 Å². The first-order valence-corrected chi connectivity index (χ1v) is 9.23. The topological polar surface area (TPSA) is 38.2 Å². The number of likely N-dealkylation sites (tertiary alicyclic amines) is 1. The highest BCUT2D eigenvalue weighted by molar-refractivity contribution is 5.30. The number of benzene rings is 1. The van der Waals surface area contributed by atoms with Crippen molar-refractivity contribution in [2.75, 3.05) is 6.61 Å². The first kappa shape index (κ1) is 18.2. The van der Waals surface area contributed by atoms with Crippen molar-refractivity contribution in [1.82, 2.24) is 14.9 Å². The number of fused-ring (bicyclic) bond motifs is 2. The molecule has 4 nitrogen and oxygen atoms in total. The van der Waals surface area contributed by atoms with Gasteiger partial charge < -0.3 is 4.74 Å². The van der Waals surface area contributed by atoms with E-state index in [1.807, 2.05) is 19.3 Å². The summed E-state index contributed by atoms with van der Waals surface area (Å²) in [5, 5.41) is 0. The highest BCUT2D eigenvalue weighted by atomic mass is 19.4. The molecule has 0 N–H and O–H groups in total. The van der Waals surface area contributed by atoms with E-state index in [0.29, 0.717) is 18.6 Å². The Kier molecular flexibility index (Phi) is 4.80. The number of halogens is 3. The summed E-state index contributed by atoms with van der Waals surface area (Å²) in [7, 11) is 0. The molecule has 2 aromatic rings. The predicted octanol–water partition coefficient (Wildman–Crippen LogP) is 4.24. The highest BCUT2D eigenvalue weighted by Gasteiger charge is 2.46. The summed E-state index contributed by atoms with van der Waals surface area (Å²) in [5.74, 6) is 1.55. The third kappa shape index (κ3) is 3.93. The molecule has 2 heterocycles. The van der Waals surface area contributed by atoms with Crippen LogP contribution < -0.4 is 4.74 Å². The van der Waals surface area contributed by atoms with Crippen LogP contribution in [0.5, 0.6) is 5.75 Å². The summed E-state index contributed by atoms with van der Waals surface area (Å²) in [5.41, 5.74) is 0.374. The number of aryl methyl sites for hydroxylation is 1. The van der Waals surface area contributed by atoms with Gasteiger partial charge in [0.05, 0.1) is 5.56 Å². The molecule has 1 aliphatic heterocycles. The van der Waals surface area contributed by atoms with E-state index in [0.717, 1.165) is 49.3 Å². The quantitative estimate of drug-likeness (QED) is 0.781. The van der Waals surface area contributed by atoms with Gasteiger partial charge in [0.2, 0.25) is 0 Å². The molecule has 1 aliphatic carbocycles. The molecule has 1 saturated heterocycles. The van der Waals surface area contributed by atoms with Gasteiger partial charge in [-0.05, 0) is 50.3 Å². The lowest BCUT2D eigenvalue weighted by atomic mass is 9.99. The molecule has 2 aliphatic rings. The van der Waals surface area contributed by atoms with Crippen molar-refractivity contribution in [2.24, 2.45) is 5.92 Å². The number of hydrogen-bond donors (Lipinski definition) is 0. The Hall–Kier alpha value is -2.15. The van der Waals surface area contributed by atoms with Crippen molar-refractivity contribution in [3.05, 3.63) is 53.6 Å². The van der Waals surface area contributed by atoms with E-state index in [9.17, 15) is 13.2 Å². The molecule has 4 rings (SSSR count). The minimum atomic E-state index is -4.36. The van der Waals surface area contributed by atoms with Crippen LogP contribution in [0, 0.1) is 12.8 Å². The predicted molar refractivity (Wildman–Crippen MR) is 94.2 cm³/mol. The van der Waals surface area contributed by atoms with Gasteiger partial charge in [0.25, 0.3) is 0 Å². The number of alkyl halides is 3. The monoisotopic (exact) mass is 377 g/mol. The van der Waals surface area contributed by atoms with Crippen molar-refractivity contribution in [1.29, 1.82) is 0 Å². The molecule has 1 aromatic heterocycles. The Morgan fingerprint density at radius 2 is 1.96 bits per heavy atom. The number of aromatic nitrogens is 2. The second-order valence-electron chi connectivity index (χ2n) is 7.44. The minimum absolute atomic E-state index is 0.208. The Morgan fingerprint density at radius 3 is 2.70 bits per heavy atom. The van der Waals surface area contributed by atoms with Crippen LogP contribution in [0.25, 0.3) is 0 Å². The van der Waals surface area contributed by atoms with Crippen LogP contribution in [0.2, 0.25) is 0 Å². The van der Waals surface area contributed by atoms with E-state index >= 15 is 0 Å². The van der Waals surface area contributed by atoms with Crippen LogP contribution in [0.3, 0.4) is 0 Å². The van der Waals surface area contributed by atoms with E-state index in [2.05, 4.69) is 14.9 Å². The van der Waals surface area contributed by atoms with Gasteiger partial charge in [-0.1, -0.05) is 6.07 Å². The molecule has 2 bridgehead atoms. The molecule has 0 amide bonds. The molecule has 7 heteroatoms. The third-order valence-corrected chi connectivity index (χ3v) is 5.67. The van der Waals surface area contributed by atoms with E-state index < -0.39 is 11.7 Å². The Morgan fingerprint density at radius 1 is 1.19 bits per heavy atom. The van der Waals surface area contributed by atoms with E-state index in [4.69, 9.17) is 4.74 Å². The Bertz CT molecular complexity index is 794. The van der Waals surface area contributed by atoms with Crippen LogP contribution >= 0.6 is 0 Å². The number of rotatable bonds is 5. The van der Waals surface area contributed by atoms with Crippen molar-refractivity contribution >= 4 is 0 Å². The zero-order chi connectivity index (χ0) is 19.0. The molecule has 144 valence electrons. The van der Waals surface area contributed by atoms with Crippen molar-refractivity contribution < 1.29 is 17.9 Å².